The molecule has 0 amide bonds. The first-order valence-electron chi connectivity index (χ1n) is 8.23. The number of aromatic nitrogens is 1. The average Bonchev–Trinajstić information content (AvgIpc) is 3.14. The lowest BCUT2D eigenvalue weighted by molar-refractivity contribution is -0.137. The van der Waals surface area contributed by atoms with Gasteiger partial charge in [-0.1, -0.05) is 23.7 Å². The number of aryl methyl sites for hydroxylation is 1. The molecule has 1 N–H and O–H groups in total. The zero-order chi connectivity index (χ0) is 17.2. The highest BCUT2D eigenvalue weighted by Gasteiger charge is 2.30. The van der Waals surface area contributed by atoms with Gasteiger partial charge in [-0.05, 0) is 43.4 Å². The summed E-state index contributed by atoms with van der Waals surface area (Å²) in [6, 6.07) is 7.68. The van der Waals surface area contributed by atoms with Crippen molar-refractivity contribution in [3.63, 3.8) is 0 Å². The molecule has 3 nitrogen and oxygen atoms in total. The number of benzene rings is 1. The summed E-state index contributed by atoms with van der Waals surface area (Å²) >= 11 is 0. The fourth-order valence-corrected chi connectivity index (χ4v) is 3.38. The van der Waals surface area contributed by atoms with E-state index >= 15 is 0 Å². The van der Waals surface area contributed by atoms with E-state index in [0.29, 0.717) is 18.5 Å². The Morgan fingerprint density at radius 2 is 1.96 bits per heavy atom. The van der Waals surface area contributed by atoms with Crippen LogP contribution >= 0.6 is 0 Å². The van der Waals surface area contributed by atoms with Crippen LogP contribution in [0.3, 0.4) is 0 Å². The minimum Gasteiger partial charge on any atom is -0.361 e. The van der Waals surface area contributed by atoms with Crippen LogP contribution < -0.4 is 5.32 Å². The predicted molar refractivity (Wildman–Crippen MR) is 84.4 cm³/mol. The monoisotopic (exact) mass is 338 g/mol. The first-order chi connectivity index (χ1) is 11.4. The molecule has 2 atom stereocenters. The lowest BCUT2D eigenvalue weighted by Crippen LogP contribution is -2.32. The number of halogens is 3. The molecule has 6 heteroatoms. The van der Waals surface area contributed by atoms with E-state index in [1.54, 1.807) is 12.1 Å². The van der Waals surface area contributed by atoms with Crippen LogP contribution in [0.2, 0.25) is 0 Å². The Balaban J connectivity index is 1.55. The molecule has 1 fully saturated rings. The SMILES string of the molecule is Cc1cc(C[C@@H]2CCC[C@H]2NCc2ccc(C(F)(F)F)cc2)on1. The topological polar surface area (TPSA) is 38.1 Å². The molecule has 0 unspecified atom stereocenters. The molecular weight excluding hydrogens is 317 g/mol. The van der Waals surface area contributed by atoms with Crippen LogP contribution in [0.15, 0.2) is 34.9 Å². The van der Waals surface area contributed by atoms with E-state index < -0.39 is 11.7 Å². The van der Waals surface area contributed by atoms with Crippen molar-refractivity contribution in [2.24, 2.45) is 5.92 Å². The van der Waals surface area contributed by atoms with Crippen molar-refractivity contribution in [3.8, 4) is 0 Å². The molecule has 1 aliphatic carbocycles. The molecule has 0 saturated heterocycles. The predicted octanol–water partition coefficient (Wildman–Crippen LogP) is 4.50. The summed E-state index contributed by atoms with van der Waals surface area (Å²) in [5, 5.41) is 7.41. The largest absolute Gasteiger partial charge is 0.416 e. The lowest BCUT2D eigenvalue weighted by Gasteiger charge is -2.20. The minimum absolute atomic E-state index is 0.359. The van der Waals surface area contributed by atoms with E-state index in [0.717, 1.165) is 54.8 Å². The van der Waals surface area contributed by atoms with E-state index in [9.17, 15) is 13.2 Å². The van der Waals surface area contributed by atoms with Gasteiger partial charge in [-0.2, -0.15) is 13.2 Å². The summed E-state index contributed by atoms with van der Waals surface area (Å²) in [7, 11) is 0. The van der Waals surface area contributed by atoms with E-state index in [4.69, 9.17) is 4.52 Å². The van der Waals surface area contributed by atoms with Crippen LogP contribution in [0, 0.1) is 12.8 Å². The summed E-state index contributed by atoms with van der Waals surface area (Å²) in [4.78, 5) is 0. The second kappa shape index (κ2) is 6.97. The van der Waals surface area contributed by atoms with Crippen molar-refractivity contribution in [1.82, 2.24) is 10.5 Å². The van der Waals surface area contributed by atoms with Gasteiger partial charge in [0, 0.05) is 25.1 Å². The van der Waals surface area contributed by atoms with Gasteiger partial charge < -0.3 is 9.84 Å². The number of nitrogens with zero attached hydrogens (tertiary/aromatic N) is 1. The van der Waals surface area contributed by atoms with Gasteiger partial charge in [-0.25, -0.2) is 0 Å². The van der Waals surface area contributed by atoms with Gasteiger partial charge in [0.05, 0.1) is 11.3 Å². The molecule has 1 heterocycles. The van der Waals surface area contributed by atoms with E-state index in [1.165, 1.54) is 0 Å². The number of rotatable bonds is 5. The highest BCUT2D eigenvalue weighted by atomic mass is 19.4. The Morgan fingerprint density at radius 1 is 1.21 bits per heavy atom. The number of hydrogen-bond acceptors (Lipinski definition) is 3. The molecular formula is C18H21F3N2O. The fraction of sp³-hybridized carbons (Fsp3) is 0.500. The maximum Gasteiger partial charge on any atom is 0.416 e. The molecule has 0 bridgehead atoms. The van der Waals surface area contributed by atoms with Crippen molar-refractivity contribution in [3.05, 3.63) is 52.9 Å². The van der Waals surface area contributed by atoms with Gasteiger partial charge in [0.25, 0.3) is 0 Å². The Kier molecular flexibility index (Phi) is 4.94. The molecule has 0 radical (unpaired) electrons. The second-order valence-electron chi connectivity index (χ2n) is 6.51. The summed E-state index contributed by atoms with van der Waals surface area (Å²) in [5.74, 6) is 1.38. The molecule has 1 saturated carbocycles. The third-order valence-corrected chi connectivity index (χ3v) is 4.65. The summed E-state index contributed by atoms with van der Waals surface area (Å²) < 4.78 is 43.0. The molecule has 3 rings (SSSR count). The molecule has 24 heavy (non-hydrogen) atoms. The minimum atomic E-state index is -4.28. The van der Waals surface area contributed by atoms with Crippen molar-refractivity contribution < 1.29 is 17.7 Å². The average molecular weight is 338 g/mol. The van der Waals surface area contributed by atoms with Crippen LogP contribution in [-0.4, -0.2) is 11.2 Å². The first kappa shape index (κ1) is 17.0. The maximum absolute atomic E-state index is 12.6. The Hall–Kier alpha value is -1.82. The highest BCUT2D eigenvalue weighted by Crippen LogP contribution is 2.30. The standard InChI is InChI=1S/C18H21F3N2O/c1-12-9-16(24-23-12)10-14-3-2-4-17(14)22-11-13-5-7-15(8-6-13)18(19,20)21/h5-9,14,17,22H,2-4,10-11H2,1H3/t14-,17+/m0/s1. The van der Waals surface area contributed by atoms with Gasteiger partial charge in [-0.15, -0.1) is 0 Å². The third-order valence-electron chi connectivity index (χ3n) is 4.65. The van der Waals surface area contributed by atoms with Gasteiger partial charge in [0.1, 0.15) is 5.76 Å². The molecule has 0 aliphatic heterocycles. The van der Waals surface area contributed by atoms with Gasteiger partial charge in [0.2, 0.25) is 0 Å². The van der Waals surface area contributed by atoms with Crippen molar-refractivity contribution in [2.45, 2.75) is 51.4 Å². The smallest absolute Gasteiger partial charge is 0.361 e. The van der Waals surface area contributed by atoms with Crippen LogP contribution in [0.25, 0.3) is 0 Å². The number of nitrogens with one attached hydrogen (secondary N) is 1. The first-order valence-corrected chi connectivity index (χ1v) is 8.23. The Labute approximate surface area is 139 Å². The summed E-state index contributed by atoms with van der Waals surface area (Å²) in [6.07, 6.45) is -0.0610. The van der Waals surface area contributed by atoms with Crippen LogP contribution in [-0.2, 0) is 19.1 Å². The molecule has 130 valence electrons. The van der Waals surface area contributed by atoms with E-state index in [1.807, 2.05) is 13.0 Å². The van der Waals surface area contributed by atoms with Gasteiger partial charge in [0.15, 0.2) is 0 Å². The van der Waals surface area contributed by atoms with E-state index in [-0.39, 0.29) is 0 Å². The van der Waals surface area contributed by atoms with Crippen molar-refractivity contribution >= 4 is 0 Å². The van der Waals surface area contributed by atoms with Crippen molar-refractivity contribution in [2.75, 3.05) is 0 Å². The summed E-state index contributed by atoms with van der Waals surface area (Å²) in [6.45, 7) is 2.48. The molecule has 1 aliphatic rings. The van der Waals surface area contributed by atoms with Gasteiger partial charge >= 0.3 is 6.18 Å². The quantitative estimate of drug-likeness (QED) is 0.872. The lowest BCUT2D eigenvalue weighted by atomic mass is 9.97. The highest BCUT2D eigenvalue weighted by molar-refractivity contribution is 5.24. The molecule has 1 aromatic carbocycles. The van der Waals surface area contributed by atoms with Gasteiger partial charge in [-0.3, -0.25) is 0 Å². The number of hydrogen-bond donors (Lipinski definition) is 1. The van der Waals surface area contributed by atoms with Crippen LogP contribution in [0.1, 0.15) is 41.8 Å². The maximum atomic E-state index is 12.6. The molecule has 0 spiro atoms. The zero-order valence-electron chi connectivity index (χ0n) is 13.6. The van der Waals surface area contributed by atoms with Crippen LogP contribution in [0.4, 0.5) is 13.2 Å². The number of alkyl halides is 3. The molecule has 2 aromatic rings. The Bertz CT molecular complexity index is 664. The normalized spacial score (nSPS) is 21.3. The zero-order valence-corrected chi connectivity index (χ0v) is 13.6. The summed E-state index contributed by atoms with van der Waals surface area (Å²) in [5.41, 5.74) is 1.15. The van der Waals surface area contributed by atoms with Crippen LogP contribution in [0.5, 0.6) is 0 Å². The van der Waals surface area contributed by atoms with E-state index in [2.05, 4.69) is 10.5 Å². The third kappa shape index (κ3) is 4.17. The Morgan fingerprint density at radius 3 is 2.58 bits per heavy atom. The molecule has 1 aromatic heterocycles. The second-order valence-corrected chi connectivity index (χ2v) is 6.51. The van der Waals surface area contributed by atoms with Crippen molar-refractivity contribution in [1.29, 1.82) is 0 Å². The fourth-order valence-electron chi connectivity index (χ4n) is 3.38.